The van der Waals surface area contributed by atoms with Gasteiger partial charge in [-0.1, -0.05) is 54.4 Å². The molecule has 0 aliphatic heterocycles. The summed E-state index contributed by atoms with van der Waals surface area (Å²) in [5.41, 5.74) is 0. The Bertz CT molecular complexity index is 374. The highest BCUT2D eigenvalue weighted by Crippen LogP contribution is 2.44. The molecule has 4 unspecified atom stereocenters. The molecule has 0 aromatic carbocycles. The van der Waals surface area contributed by atoms with E-state index in [1.165, 1.54) is 25.7 Å². The van der Waals surface area contributed by atoms with E-state index in [9.17, 15) is 4.57 Å². The molecule has 140 valence electrons. The lowest BCUT2D eigenvalue weighted by Gasteiger charge is -2.35. The molecule has 0 heterocycles. The molecule has 0 amide bonds. The van der Waals surface area contributed by atoms with Crippen LogP contribution in [0.3, 0.4) is 0 Å². The standard InChI is InChI=1S/C20H38O3P/c1-13(2)17-9-7-15(5)11-19(17)22-24(21)23-20-12-16(6)8-10-18(20)14(3)4/h13-20H,7-12H2,1-6H3/q+1/t15?,16?,17-,18-,19?,20?/m0/s1. The third kappa shape index (κ3) is 5.51. The fraction of sp³-hybridized carbons (Fsp3) is 1.00. The summed E-state index contributed by atoms with van der Waals surface area (Å²) in [4.78, 5) is 0. The lowest BCUT2D eigenvalue weighted by Crippen LogP contribution is -2.35. The van der Waals surface area contributed by atoms with E-state index in [4.69, 9.17) is 9.05 Å². The van der Waals surface area contributed by atoms with Gasteiger partial charge in [-0.3, -0.25) is 0 Å². The summed E-state index contributed by atoms with van der Waals surface area (Å²) < 4.78 is 24.6. The van der Waals surface area contributed by atoms with Gasteiger partial charge in [0.25, 0.3) is 0 Å². The van der Waals surface area contributed by atoms with Crippen LogP contribution in [0.5, 0.6) is 0 Å². The fourth-order valence-electron chi connectivity index (χ4n) is 4.72. The van der Waals surface area contributed by atoms with E-state index in [1.54, 1.807) is 0 Å². The van der Waals surface area contributed by atoms with E-state index in [1.807, 2.05) is 0 Å². The molecule has 0 saturated heterocycles. The van der Waals surface area contributed by atoms with Crippen molar-refractivity contribution in [2.24, 2.45) is 35.5 Å². The maximum atomic E-state index is 12.6. The van der Waals surface area contributed by atoms with E-state index < -0.39 is 8.25 Å². The molecule has 0 bridgehead atoms. The zero-order valence-electron chi connectivity index (χ0n) is 16.5. The zero-order chi connectivity index (χ0) is 17.9. The van der Waals surface area contributed by atoms with E-state index in [0.717, 1.165) is 12.8 Å². The van der Waals surface area contributed by atoms with Crippen molar-refractivity contribution in [3.63, 3.8) is 0 Å². The summed E-state index contributed by atoms with van der Waals surface area (Å²) in [6.45, 7) is 13.6. The van der Waals surface area contributed by atoms with Crippen LogP contribution in [0.25, 0.3) is 0 Å². The molecule has 0 aromatic rings. The molecule has 0 radical (unpaired) electrons. The molecule has 2 rings (SSSR count). The van der Waals surface area contributed by atoms with Crippen molar-refractivity contribution in [2.75, 3.05) is 0 Å². The Morgan fingerprint density at radius 2 is 1.12 bits per heavy atom. The summed E-state index contributed by atoms with van der Waals surface area (Å²) >= 11 is 0. The van der Waals surface area contributed by atoms with Crippen molar-refractivity contribution in [2.45, 2.75) is 92.3 Å². The van der Waals surface area contributed by atoms with Gasteiger partial charge in [0.05, 0.1) is 0 Å². The Balaban J connectivity index is 1.94. The summed E-state index contributed by atoms with van der Waals surface area (Å²) in [5.74, 6) is 3.48. The van der Waals surface area contributed by atoms with E-state index in [-0.39, 0.29) is 12.2 Å². The predicted octanol–water partition coefficient (Wildman–Crippen LogP) is 6.60. The van der Waals surface area contributed by atoms with Gasteiger partial charge in [-0.2, -0.15) is 0 Å². The maximum Gasteiger partial charge on any atom is 0.697 e. The van der Waals surface area contributed by atoms with Gasteiger partial charge in [0, 0.05) is 4.57 Å². The van der Waals surface area contributed by atoms with Crippen LogP contribution in [0, 0.1) is 35.5 Å². The lowest BCUT2D eigenvalue weighted by atomic mass is 9.75. The lowest BCUT2D eigenvalue weighted by molar-refractivity contribution is 0.00532. The van der Waals surface area contributed by atoms with Crippen LogP contribution in [0.1, 0.15) is 80.1 Å². The van der Waals surface area contributed by atoms with Gasteiger partial charge in [-0.25, -0.2) is 0 Å². The summed E-state index contributed by atoms with van der Waals surface area (Å²) in [6, 6.07) is 0. The summed E-state index contributed by atoms with van der Waals surface area (Å²) in [7, 11) is -2.02. The fourth-order valence-corrected chi connectivity index (χ4v) is 5.69. The molecule has 6 atom stereocenters. The second kappa shape index (κ2) is 9.10. The van der Waals surface area contributed by atoms with Crippen LogP contribution in [0.4, 0.5) is 0 Å². The van der Waals surface area contributed by atoms with Gasteiger partial charge >= 0.3 is 8.25 Å². The minimum absolute atomic E-state index is 0.0934. The van der Waals surface area contributed by atoms with Crippen molar-refractivity contribution in [1.82, 2.24) is 0 Å². The molecule has 0 spiro atoms. The van der Waals surface area contributed by atoms with E-state index in [2.05, 4.69) is 41.5 Å². The first-order valence-electron chi connectivity index (χ1n) is 10.1. The molecular formula is C20H38O3P+. The average Bonchev–Trinajstić information content (AvgIpc) is 2.46. The molecular weight excluding hydrogens is 319 g/mol. The van der Waals surface area contributed by atoms with E-state index in [0.29, 0.717) is 35.5 Å². The molecule has 2 fully saturated rings. The van der Waals surface area contributed by atoms with Crippen molar-refractivity contribution in [3.8, 4) is 0 Å². The summed E-state index contributed by atoms with van der Waals surface area (Å²) in [6.07, 6.45) is 7.10. The highest BCUT2D eigenvalue weighted by Gasteiger charge is 2.42. The minimum atomic E-state index is -2.02. The van der Waals surface area contributed by atoms with Gasteiger partial charge in [0.2, 0.25) is 0 Å². The third-order valence-electron chi connectivity index (χ3n) is 6.37. The smallest absolute Gasteiger partial charge is 0.115 e. The predicted molar refractivity (Wildman–Crippen MR) is 100 cm³/mol. The zero-order valence-corrected chi connectivity index (χ0v) is 17.4. The van der Waals surface area contributed by atoms with Gasteiger partial charge in [-0.15, -0.1) is 9.05 Å². The van der Waals surface area contributed by atoms with Crippen molar-refractivity contribution in [3.05, 3.63) is 0 Å². The molecule has 4 heteroatoms. The minimum Gasteiger partial charge on any atom is -0.115 e. The Kier molecular flexibility index (Phi) is 7.71. The highest BCUT2D eigenvalue weighted by atomic mass is 31.1. The summed E-state index contributed by atoms with van der Waals surface area (Å²) in [5, 5.41) is 0. The number of hydrogen-bond acceptors (Lipinski definition) is 3. The van der Waals surface area contributed by atoms with Crippen LogP contribution in [0.2, 0.25) is 0 Å². The van der Waals surface area contributed by atoms with E-state index >= 15 is 0 Å². The number of hydrogen-bond donors (Lipinski definition) is 0. The molecule has 24 heavy (non-hydrogen) atoms. The molecule has 3 nitrogen and oxygen atoms in total. The molecule has 2 aliphatic carbocycles. The highest BCUT2D eigenvalue weighted by molar-refractivity contribution is 7.33. The molecule has 0 N–H and O–H groups in total. The second-order valence-corrected chi connectivity index (χ2v) is 10.0. The number of rotatable bonds is 6. The Labute approximate surface area is 150 Å². The Morgan fingerprint density at radius 3 is 1.46 bits per heavy atom. The van der Waals surface area contributed by atoms with Crippen molar-refractivity contribution >= 4 is 8.25 Å². The van der Waals surface area contributed by atoms with Gasteiger partial charge < -0.3 is 0 Å². The van der Waals surface area contributed by atoms with Crippen LogP contribution in [-0.2, 0) is 13.6 Å². The topological polar surface area (TPSA) is 35.5 Å². The normalized spacial score (nSPS) is 38.6. The van der Waals surface area contributed by atoms with Crippen LogP contribution < -0.4 is 0 Å². The van der Waals surface area contributed by atoms with Crippen LogP contribution >= 0.6 is 8.25 Å². The van der Waals surface area contributed by atoms with Gasteiger partial charge in [0.15, 0.2) is 0 Å². The molecule has 2 saturated carbocycles. The first-order chi connectivity index (χ1) is 11.3. The Morgan fingerprint density at radius 1 is 0.750 bits per heavy atom. The largest absolute Gasteiger partial charge is 0.697 e. The monoisotopic (exact) mass is 357 g/mol. The van der Waals surface area contributed by atoms with Crippen molar-refractivity contribution < 1.29 is 13.6 Å². The maximum absolute atomic E-state index is 12.6. The third-order valence-corrected chi connectivity index (χ3v) is 7.25. The van der Waals surface area contributed by atoms with Gasteiger partial charge in [-0.05, 0) is 61.2 Å². The SMILES string of the molecule is CC1CC[C@@H](C(C)C)C(O[P+](=O)OC2CC(C)CC[C@H]2C(C)C)C1. The molecule has 0 aromatic heterocycles. The first-order valence-corrected chi connectivity index (χ1v) is 11.2. The molecule has 2 aliphatic rings. The van der Waals surface area contributed by atoms with Crippen LogP contribution in [0.15, 0.2) is 0 Å². The van der Waals surface area contributed by atoms with Gasteiger partial charge in [0.1, 0.15) is 12.2 Å². The average molecular weight is 357 g/mol. The first kappa shape index (κ1) is 20.3. The quantitative estimate of drug-likeness (QED) is 0.502. The van der Waals surface area contributed by atoms with Crippen molar-refractivity contribution in [1.29, 1.82) is 0 Å². The Hall–Kier alpha value is 0.0200. The van der Waals surface area contributed by atoms with Crippen LogP contribution in [-0.4, -0.2) is 12.2 Å². The second-order valence-electron chi connectivity index (χ2n) is 9.16.